The molecule has 0 heterocycles. The van der Waals surface area contributed by atoms with Gasteiger partial charge >= 0.3 is 0 Å². The van der Waals surface area contributed by atoms with Crippen LogP contribution in [-0.4, -0.2) is 63.2 Å². The molecule has 0 fully saturated rings. The number of carbonyl (C=O) groups excluding carboxylic acids is 1. The minimum atomic E-state index is -0.00634. The number of aliphatic imine (C=N–C) groups is 1. The number of ether oxygens (including phenoxy) is 1. The predicted molar refractivity (Wildman–Crippen MR) is 92.2 cm³/mol. The molecular weight excluding hydrogens is 280 g/mol. The van der Waals surface area contributed by atoms with Gasteiger partial charge < -0.3 is 20.3 Å². The summed E-state index contributed by atoms with van der Waals surface area (Å²) in [6.45, 7) is 8.89. The van der Waals surface area contributed by atoms with Crippen molar-refractivity contribution >= 4 is 11.9 Å². The lowest BCUT2D eigenvalue weighted by molar-refractivity contribution is -0.127. The molecule has 0 bridgehead atoms. The molecule has 0 aromatic heterocycles. The lowest BCUT2D eigenvalue weighted by Gasteiger charge is -2.17. The van der Waals surface area contributed by atoms with E-state index in [-0.39, 0.29) is 12.5 Å². The molecule has 0 aliphatic rings. The van der Waals surface area contributed by atoms with E-state index in [1.807, 2.05) is 0 Å². The molecule has 0 rings (SSSR count). The van der Waals surface area contributed by atoms with Crippen LogP contribution in [0.4, 0.5) is 0 Å². The van der Waals surface area contributed by atoms with Gasteiger partial charge in [0.15, 0.2) is 5.96 Å². The molecule has 0 saturated heterocycles. The zero-order valence-electron chi connectivity index (χ0n) is 14.9. The van der Waals surface area contributed by atoms with Gasteiger partial charge in [0.05, 0.1) is 0 Å². The summed E-state index contributed by atoms with van der Waals surface area (Å²) in [7, 11) is 3.47. The number of hydrogen-bond donors (Lipinski definition) is 2. The third-order valence-corrected chi connectivity index (χ3v) is 3.27. The molecule has 0 aliphatic carbocycles. The Balaban J connectivity index is 4.13. The number of hydrogen-bond acceptors (Lipinski definition) is 3. The number of nitrogens with one attached hydrogen (secondary N) is 2. The van der Waals surface area contributed by atoms with Crippen LogP contribution in [0.1, 0.15) is 46.5 Å². The van der Waals surface area contributed by atoms with Crippen molar-refractivity contribution in [2.24, 2.45) is 4.99 Å². The normalized spacial score (nSPS) is 12.9. The molecule has 22 heavy (non-hydrogen) atoms. The van der Waals surface area contributed by atoms with Gasteiger partial charge in [-0.2, -0.15) is 0 Å². The second-order valence-electron chi connectivity index (χ2n) is 5.65. The van der Waals surface area contributed by atoms with Crippen LogP contribution < -0.4 is 10.6 Å². The van der Waals surface area contributed by atoms with E-state index in [2.05, 4.69) is 36.4 Å². The summed E-state index contributed by atoms with van der Waals surface area (Å²) < 4.78 is 5.53. The van der Waals surface area contributed by atoms with Gasteiger partial charge in [-0.25, -0.2) is 4.99 Å². The van der Waals surface area contributed by atoms with Crippen LogP contribution in [0.3, 0.4) is 0 Å². The van der Waals surface area contributed by atoms with E-state index in [0.29, 0.717) is 12.0 Å². The summed E-state index contributed by atoms with van der Waals surface area (Å²) in [6, 6.07) is 0.321. The van der Waals surface area contributed by atoms with Crippen molar-refractivity contribution in [2.45, 2.75) is 52.5 Å². The van der Waals surface area contributed by atoms with E-state index >= 15 is 0 Å². The minimum absolute atomic E-state index is 0.00634. The Hall–Kier alpha value is -1.30. The quantitative estimate of drug-likeness (QED) is 0.345. The molecule has 0 radical (unpaired) electrons. The van der Waals surface area contributed by atoms with E-state index in [1.165, 1.54) is 0 Å². The maximum atomic E-state index is 11.6. The fourth-order valence-corrected chi connectivity index (χ4v) is 1.51. The third-order valence-electron chi connectivity index (χ3n) is 3.27. The van der Waals surface area contributed by atoms with Gasteiger partial charge in [-0.3, -0.25) is 4.79 Å². The maximum absolute atomic E-state index is 11.6. The lowest BCUT2D eigenvalue weighted by atomic mass is 10.3. The third kappa shape index (κ3) is 11.4. The van der Waals surface area contributed by atoms with E-state index in [9.17, 15) is 4.79 Å². The Bertz CT molecular complexity index is 319. The summed E-state index contributed by atoms with van der Waals surface area (Å²) in [5.74, 6) is 0.686. The maximum Gasteiger partial charge on any atom is 0.243 e. The largest absolute Gasteiger partial charge is 0.381 e. The fraction of sp³-hybridized carbons (Fsp3) is 0.875. The Morgan fingerprint density at radius 1 is 1.23 bits per heavy atom. The van der Waals surface area contributed by atoms with Crippen molar-refractivity contribution in [3.05, 3.63) is 0 Å². The van der Waals surface area contributed by atoms with Crippen LogP contribution in [0, 0.1) is 0 Å². The Morgan fingerprint density at radius 2 is 1.91 bits per heavy atom. The van der Waals surface area contributed by atoms with Crippen LogP contribution in [0.5, 0.6) is 0 Å². The SMILES string of the molecule is CCCCOCCCNC(=NCC(=O)N(C)C)NC(C)CC. The van der Waals surface area contributed by atoms with Gasteiger partial charge in [-0.05, 0) is 26.2 Å². The fourth-order valence-electron chi connectivity index (χ4n) is 1.51. The van der Waals surface area contributed by atoms with Crippen molar-refractivity contribution in [3.63, 3.8) is 0 Å². The Morgan fingerprint density at radius 3 is 2.50 bits per heavy atom. The monoisotopic (exact) mass is 314 g/mol. The number of likely N-dealkylation sites (N-methyl/N-ethyl adjacent to an activating group) is 1. The average Bonchev–Trinajstić information content (AvgIpc) is 2.50. The van der Waals surface area contributed by atoms with Crippen LogP contribution in [0.25, 0.3) is 0 Å². The Kier molecular flexibility index (Phi) is 12.6. The molecule has 1 atom stereocenters. The first-order chi connectivity index (χ1) is 10.5. The number of rotatable bonds is 11. The van der Waals surface area contributed by atoms with E-state index in [0.717, 1.165) is 45.4 Å². The summed E-state index contributed by atoms with van der Waals surface area (Å²) >= 11 is 0. The minimum Gasteiger partial charge on any atom is -0.381 e. The number of amides is 1. The highest BCUT2D eigenvalue weighted by Gasteiger charge is 2.06. The highest BCUT2D eigenvalue weighted by atomic mass is 16.5. The zero-order valence-corrected chi connectivity index (χ0v) is 14.9. The highest BCUT2D eigenvalue weighted by molar-refractivity contribution is 5.84. The van der Waals surface area contributed by atoms with E-state index in [4.69, 9.17) is 4.74 Å². The van der Waals surface area contributed by atoms with Crippen LogP contribution in [0.15, 0.2) is 4.99 Å². The smallest absolute Gasteiger partial charge is 0.243 e. The molecule has 0 spiro atoms. The number of guanidine groups is 1. The number of nitrogens with zero attached hydrogens (tertiary/aromatic N) is 2. The summed E-state index contributed by atoms with van der Waals surface area (Å²) in [5.41, 5.74) is 0. The van der Waals surface area contributed by atoms with Crippen molar-refractivity contribution in [1.82, 2.24) is 15.5 Å². The van der Waals surface area contributed by atoms with Crippen LogP contribution >= 0.6 is 0 Å². The number of unbranched alkanes of at least 4 members (excludes halogenated alkanes) is 1. The molecule has 6 heteroatoms. The topological polar surface area (TPSA) is 66.0 Å². The molecular formula is C16H34N4O2. The molecule has 130 valence electrons. The first-order valence-corrected chi connectivity index (χ1v) is 8.33. The molecule has 6 nitrogen and oxygen atoms in total. The first kappa shape index (κ1) is 20.7. The summed E-state index contributed by atoms with van der Waals surface area (Å²) in [4.78, 5) is 17.5. The van der Waals surface area contributed by atoms with Gasteiger partial charge in [0.2, 0.25) is 5.91 Å². The van der Waals surface area contributed by atoms with Crippen LogP contribution in [-0.2, 0) is 9.53 Å². The van der Waals surface area contributed by atoms with Gasteiger partial charge in [0.1, 0.15) is 6.54 Å². The molecule has 2 N–H and O–H groups in total. The second kappa shape index (κ2) is 13.4. The van der Waals surface area contributed by atoms with E-state index in [1.54, 1.807) is 19.0 Å². The van der Waals surface area contributed by atoms with Crippen molar-refractivity contribution in [3.8, 4) is 0 Å². The highest BCUT2D eigenvalue weighted by Crippen LogP contribution is 1.91. The van der Waals surface area contributed by atoms with Crippen molar-refractivity contribution in [1.29, 1.82) is 0 Å². The Labute approximate surface area is 135 Å². The van der Waals surface area contributed by atoms with Gasteiger partial charge in [0, 0.05) is 39.9 Å². The standard InChI is InChI=1S/C16H34N4O2/c1-6-8-11-22-12-9-10-17-16(19-14(3)7-2)18-13-15(21)20(4)5/h14H,6-13H2,1-5H3,(H2,17,18,19). The molecule has 0 aromatic carbocycles. The first-order valence-electron chi connectivity index (χ1n) is 8.33. The van der Waals surface area contributed by atoms with Gasteiger partial charge in [0.25, 0.3) is 0 Å². The molecule has 0 aromatic rings. The lowest BCUT2D eigenvalue weighted by Crippen LogP contribution is -2.43. The van der Waals surface area contributed by atoms with Crippen molar-refractivity contribution < 1.29 is 9.53 Å². The molecule has 1 unspecified atom stereocenters. The van der Waals surface area contributed by atoms with Gasteiger partial charge in [-0.15, -0.1) is 0 Å². The number of carbonyl (C=O) groups is 1. The van der Waals surface area contributed by atoms with E-state index < -0.39 is 0 Å². The zero-order chi connectivity index (χ0) is 16.8. The second-order valence-corrected chi connectivity index (χ2v) is 5.65. The predicted octanol–water partition coefficient (Wildman–Crippen LogP) is 1.62. The van der Waals surface area contributed by atoms with Gasteiger partial charge in [-0.1, -0.05) is 20.3 Å². The van der Waals surface area contributed by atoms with Crippen molar-refractivity contribution in [2.75, 3.05) is 40.4 Å². The average molecular weight is 314 g/mol. The van der Waals surface area contributed by atoms with Crippen LogP contribution in [0.2, 0.25) is 0 Å². The molecule has 0 aliphatic heterocycles. The summed E-state index contributed by atoms with van der Waals surface area (Å²) in [6.07, 6.45) is 4.20. The molecule has 0 saturated carbocycles. The summed E-state index contributed by atoms with van der Waals surface area (Å²) in [5, 5.41) is 6.56. The molecule has 1 amide bonds.